The van der Waals surface area contributed by atoms with Gasteiger partial charge in [0, 0.05) is 6.92 Å². The van der Waals surface area contributed by atoms with Gasteiger partial charge >= 0.3 is 196 Å². The molecule has 1 aromatic rings. The number of amides is 2. The van der Waals surface area contributed by atoms with Crippen molar-refractivity contribution in [3.05, 3.63) is 17.5 Å². The first-order valence-corrected chi connectivity index (χ1v) is 13.5. The average Bonchev–Trinajstić information content (AvgIpc) is 3.11. The number of aromatic nitrogens is 2. The number of nitrogens with one attached hydrogen (secondary N) is 2. The molecule has 2 heterocycles. The van der Waals surface area contributed by atoms with E-state index in [1.807, 2.05) is 0 Å². The Balaban J connectivity index is 1.81. The molecule has 1 aliphatic rings. The molecule has 1 fully saturated rings. The summed E-state index contributed by atoms with van der Waals surface area (Å²) in [5.41, 5.74) is 0.0278. The molecule has 0 unspecified atom stereocenters. The first-order valence-electron chi connectivity index (χ1n) is 10.9. The molecular weight excluding hydrogens is 503 g/mol. The molecule has 0 aromatic carbocycles. The Kier molecular flexibility index (Phi) is 10.6. The summed E-state index contributed by atoms with van der Waals surface area (Å²) >= 11 is 1.11. The second-order valence-corrected chi connectivity index (χ2v) is 11.7. The molecule has 35 heavy (non-hydrogen) atoms. The van der Waals surface area contributed by atoms with Crippen molar-refractivity contribution >= 4 is 42.8 Å². The maximum atomic E-state index is 12.7. The van der Waals surface area contributed by atoms with E-state index in [1.54, 1.807) is 27.8 Å². The summed E-state index contributed by atoms with van der Waals surface area (Å²) in [4.78, 5) is 58.3. The second-order valence-electron chi connectivity index (χ2n) is 8.52. The molecule has 1 aliphatic heterocycles. The number of aryl methyl sites for hydroxylation is 2. The molecule has 1 aromatic heterocycles. The van der Waals surface area contributed by atoms with E-state index < -0.39 is 38.4 Å². The summed E-state index contributed by atoms with van der Waals surface area (Å²) in [5.74, 6) is -1.07. The number of ether oxygens (including phenoxy) is 1. The number of rotatable bonds is 11. The Bertz CT molecular complexity index is 942. The van der Waals surface area contributed by atoms with E-state index >= 15 is 0 Å². The van der Waals surface area contributed by atoms with Crippen LogP contribution in [0.1, 0.15) is 43.4 Å². The van der Waals surface area contributed by atoms with E-state index in [0.717, 1.165) is 11.8 Å². The van der Waals surface area contributed by atoms with Crippen molar-refractivity contribution in [3.8, 4) is 0 Å². The van der Waals surface area contributed by atoms with Gasteiger partial charge in [-0.15, -0.1) is 0 Å². The van der Waals surface area contributed by atoms with Crippen LogP contribution in [0.25, 0.3) is 0 Å². The number of carbonyl (C=O) groups is 4. The van der Waals surface area contributed by atoms with E-state index in [2.05, 4.69) is 15.7 Å². The van der Waals surface area contributed by atoms with Gasteiger partial charge in [-0.05, 0) is 0 Å². The first-order chi connectivity index (χ1) is 16.3. The van der Waals surface area contributed by atoms with E-state index in [1.165, 1.54) is 17.7 Å². The van der Waals surface area contributed by atoms with Gasteiger partial charge in [0.2, 0.25) is 0 Å². The van der Waals surface area contributed by atoms with Crippen molar-refractivity contribution in [1.29, 1.82) is 0 Å². The van der Waals surface area contributed by atoms with Crippen LogP contribution < -0.4 is 10.6 Å². The monoisotopic (exact) mass is 536 g/mol. The van der Waals surface area contributed by atoms with Gasteiger partial charge in [0.05, 0.1) is 0 Å². The third-order valence-electron chi connectivity index (χ3n) is 4.86. The number of thioether (sulfide) groups is 1. The van der Waals surface area contributed by atoms with E-state index in [4.69, 9.17) is 18.3 Å². The molecule has 1 saturated heterocycles. The minimum absolute atomic E-state index is 0.0280. The molecule has 0 bridgehead atoms. The van der Waals surface area contributed by atoms with Gasteiger partial charge in [-0.1, -0.05) is 0 Å². The molecule has 3 N–H and O–H groups in total. The molecule has 0 spiro atoms. The van der Waals surface area contributed by atoms with Crippen LogP contribution in [-0.2, 0) is 39.7 Å². The number of nitrogens with zero attached hydrogens (tertiary/aromatic N) is 2. The summed E-state index contributed by atoms with van der Waals surface area (Å²) in [6.07, 6.45) is -1.10. The van der Waals surface area contributed by atoms with Crippen LogP contribution in [0, 0.1) is 12.3 Å². The Morgan fingerprint density at radius 1 is 1.31 bits per heavy atom. The number of hydrogen-bond donors (Lipinski definition) is 3. The average molecular weight is 537 g/mol. The molecular formula is C20H33N4O9PS. The van der Waals surface area contributed by atoms with Crippen LogP contribution in [0.5, 0.6) is 0 Å². The molecule has 0 aliphatic carbocycles. The van der Waals surface area contributed by atoms with Crippen LogP contribution in [-0.4, -0.2) is 75.9 Å². The van der Waals surface area contributed by atoms with Gasteiger partial charge in [-0.25, -0.2) is 0 Å². The summed E-state index contributed by atoms with van der Waals surface area (Å²) < 4.78 is 22.4. The molecule has 0 saturated carbocycles. The molecule has 198 valence electrons. The maximum absolute atomic E-state index is 12.7. The molecule has 15 heteroatoms. The zero-order valence-corrected chi connectivity index (χ0v) is 22.2. The van der Waals surface area contributed by atoms with Gasteiger partial charge in [-0.3, -0.25) is 4.79 Å². The standard InChI is InChI=1S/C20H33N4O9PS/c1-13-10-15(24(5)23-13)19(28)30-12-32-34(29)31-11-20(3,4)17(33-34)18(27)22-7-6-16(26)21-8-9-35-14(2)25/h10,17,29,34H,6-9,11-12H2,1-5H3,(H,21,26)(H,22,27)/t17-/m0/s1. The minimum atomic E-state index is -4.29. The van der Waals surface area contributed by atoms with Crippen LogP contribution in [0.15, 0.2) is 6.07 Å². The predicted octanol–water partition coefficient (Wildman–Crippen LogP) is 0.605. The molecule has 0 radical (unpaired) electrons. The molecule has 2 rings (SSSR count). The Morgan fingerprint density at radius 3 is 2.66 bits per heavy atom. The molecule has 1 atom stereocenters. The van der Waals surface area contributed by atoms with E-state index in [-0.39, 0.29) is 36.3 Å². The Labute approximate surface area is 208 Å². The van der Waals surface area contributed by atoms with Crippen molar-refractivity contribution in [3.63, 3.8) is 0 Å². The van der Waals surface area contributed by atoms with Crippen LogP contribution in [0.4, 0.5) is 0 Å². The topological polar surface area (TPSA) is 167 Å². The number of esters is 1. The van der Waals surface area contributed by atoms with E-state index in [9.17, 15) is 24.1 Å². The summed E-state index contributed by atoms with van der Waals surface area (Å²) in [5, 5.41) is 9.29. The van der Waals surface area contributed by atoms with E-state index in [0.29, 0.717) is 18.0 Å². The summed E-state index contributed by atoms with van der Waals surface area (Å²) in [6, 6.07) is 1.54. The first kappa shape index (κ1) is 29.1. The molecule has 2 amide bonds. The number of carbonyl (C=O) groups excluding carboxylic acids is 4. The van der Waals surface area contributed by atoms with Crippen LogP contribution >= 0.6 is 19.9 Å². The number of hydrogen-bond acceptors (Lipinski definition) is 11. The fourth-order valence-corrected chi connectivity index (χ4v) is 5.28. The summed E-state index contributed by atoms with van der Waals surface area (Å²) in [7, 11) is -2.70. The van der Waals surface area contributed by atoms with Crippen molar-refractivity contribution in [2.75, 3.05) is 32.2 Å². The van der Waals surface area contributed by atoms with Crippen molar-refractivity contribution in [1.82, 2.24) is 20.4 Å². The fourth-order valence-electron chi connectivity index (χ4n) is 3.08. The molecule has 13 nitrogen and oxygen atoms in total. The zero-order valence-electron chi connectivity index (χ0n) is 20.4. The van der Waals surface area contributed by atoms with Crippen molar-refractivity contribution in [2.45, 2.75) is 40.2 Å². The third kappa shape index (κ3) is 9.13. The SMILES string of the molecule is CC(=O)SCCNC(=O)CCNC(=O)[C@@H]1O[PH](O)(OCOC(=O)c2cc(C)nn2C)OCC1(C)C. The normalized spacial score (nSPS) is 19.4. The van der Waals surface area contributed by atoms with Gasteiger partial charge in [0.1, 0.15) is 0 Å². The Morgan fingerprint density at radius 2 is 2.03 bits per heavy atom. The quantitative estimate of drug-likeness (QED) is 0.157. The predicted molar refractivity (Wildman–Crippen MR) is 128 cm³/mol. The van der Waals surface area contributed by atoms with Crippen LogP contribution in [0.3, 0.4) is 0 Å². The fraction of sp³-hybridized carbons (Fsp3) is 0.650. The Hall–Kier alpha value is -2.09. The van der Waals surface area contributed by atoms with Gasteiger partial charge in [0.15, 0.2) is 0 Å². The zero-order chi connectivity index (χ0) is 26.2. The second kappa shape index (κ2) is 12.7. The third-order valence-corrected chi connectivity index (χ3v) is 7.20. The van der Waals surface area contributed by atoms with Crippen molar-refractivity contribution in [2.24, 2.45) is 12.5 Å². The van der Waals surface area contributed by atoms with Crippen LogP contribution in [0.2, 0.25) is 0 Å². The van der Waals surface area contributed by atoms with Gasteiger partial charge in [0.25, 0.3) is 0 Å². The van der Waals surface area contributed by atoms with Gasteiger partial charge in [-0.2, -0.15) is 0 Å². The summed E-state index contributed by atoms with van der Waals surface area (Å²) in [6.45, 7) is 6.30. The van der Waals surface area contributed by atoms with Crippen molar-refractivity contribution < 1.29 is 42.4 Å². The van der Waals surface area contributed by atoms with Gasteiger partial charge < -0.3 is 0 Å².